The van der Waals surface area contributed by atoms with E-state index in [-0.39, 0.29) is 5.76 Å². The van der Waals surface area contributed by atoms with Gasteiger partial charge in [-0.1, -0.05) is 41.9 Å². The van der Waals surface area contributed by atoms with Crippen LogP contribution in [0.3, 0.4) is 0 Å². The van der Waals surface area contributed by atoms with Crippen LogP contribution in [0, 0.1) is 0 Å². The van der Waals surface area contributed by atoms with E-state index in [1.54, 1.807) is 0 Å². The van der Waals surface area contributed by atoms with Crippen molar-refractivity contribution in [2.45, 2.75) is 10.7 Å². The average Bonchev–Trinajstić information content (AvgIpc) is 2.48. The normalized spacial score (nSPS) is 29.4. The van der Waals surface area contributed by atoms with Crippen molar-refractivity contribution in [1.82, 2.24) is 0 Å². The van der Waals surface area contributed by atoms with Gasteiger partial charge in [-0.3, -0.25) is 4.79 Å². The smallest absolute Gasteiger partial charge is 0.216 e. The lowest BCUT2D eigenvalue weighted by Gasteiger charge is -2.35. The summed E-state index contributed by atoms with van der Waals surface area (Å²) in [4.78, 5) is 11.6. The first-order valence-corrected chi connectivity index (χ1v) is 6.36. The highest BCUT2D eigenvalue weighted by Crippen LogP contribution is 2.41. The van der Waals surface area contributed by atoms with Gasteiger partial charge in [-0.15, -0.1) is 0 Å². The van der Waals surface area contributed by atoms with Crippen LogP contribution in [0.1, 0.15) is 5.56 Å². The zero-order chi connectivity index (χ0) is 14.8. The van der Waals surface area contributed by atoms with E-state index in [0.29, 0.717) is 11.9 Å². The van der Waals surface area contributed by atoms with E-state index >= 15 is 0 Å². The molecule has 2 rings (SSSR count). The number of carbonyl (C=O) groups is 1. The minimum atomic E-state index is -1.81. The predicted octanol–water partition coefficient (Wildman–Crippen LogP) is 2.13. The molecule has 0 fully saturated rings. The summed E-state index contributed by atoms with van der Waals surface area (Å²) >= 11 is 6.04. The number of methoxy groups -OCH3 is 2. The van der Waals surface area contributed by atoms with Crippen LogP contribution in [-0.2, 0) is 14.3 Å². The molecule has 0 heterocycles. The predicted molar refractivity (Wildman–Crippen MR) is 76.1 cm³/mol. The van der Waals surface area contributed by atoms with Gasteiger partial charge in [0.25, 0.3) is 0 Å². The summed E-state index contributed by atoms with van der Waals surface area (Å²) in [6.45, 7) is 0. The maximum absolute atomic E-state index is 11.6. The van der Waals surface area contributed by atoms with Crippen molar-refractivity contribution in [3.63, 3.8) is 0 Å². The van der Waals surface area contributed by atoms with E-state index in [1.807, 2.05) is 30.3 Å². The van der Waals surface area contributed by atoms with Crippen LogP contribution in [-0.4, -0.2) is 36.3 Å². The van der Waals surface area contributed by atoms with Crippen LogP contribution < -0.4 is 0 Å². The second kappa shape index (κ2) is 5.40. The summed E-state index contributed by atoms with van der Waals surface area (Å²) in [5.74, 6) is 0.0489. The van der Waals surface area contributed by atoms with Crippen LogP contribution in [0.5, 0.6) is 0 Å². The van der Waals surface area contributed by atoms with Gasteiger partial charge >= 0.3 is 0 Å². The topological polar surface area (TPSA) is 55.8 Å². The van der Waals surface area contributed by atoms with Gasteiger partial charge in [0.15, 0.2) is 11.9 Å². The average molecular weight is 295 g/mol. The van der Waals surface area contributed by atoms with Gasteiger partial charge in [-0.05, 0) is 11.6 Å². The number of rotatable bonds is 4. The molecule has 0 saturated heterocycles. The van der Waals surface area contributed by atoms with E-state index in [4.69, 9.17) is 21.1 Å². The summed E-state index contributed by atoms with van der Waals surface area (Å²) in [5.41, 5.74) is -0.144. The summed E-state index contributed by atoms with van der Waals surface area (Å²) in [6.07, 6.45) is 3.40. The van der Waals surface area contributed by atoms with Crippen LogP contribution in [0.2, 0.25) is 0 Å². The lowest BCUT2D eigenvalue weighted by molar-refractivity contribution is -0.118. The minimum Gasteiger partial charge on any atom is -0.496 e. The number of ether oxygens (including phenoxy) is 2. The van der Waals surface area contributed by atoms with Gasteiger partial charge in [0.1, 0.15) is 5.76 Å². The molecule has 5 heteroatoms. The largest absolute Gasteiger partial charge is 0.496 e. The van der Waals surface area contributed by atoms with E-state index in [0.717, 1.165) is 5.56 Å². The van der Waals surface area contributed by atoms with Crippen LogP contribution in [0.4, 0.5) is 0 Å². The molecule has 20 heavy (non-hydrogen) atoms. The Morgan fingerprint density at radius 2 is 1.85 bits per heavy atom. The SMILES string of the molecule is COC1=CC(C=O)(OC)C(c2ccccc2)=CC1(O)Cl. The molecule has 1 N–H and O–H groups in total. The third kappa shape index (κ3) is 2.38. The van der Waals surface area contributed by atoms with Crippen molar-refractivity contribution >= 4 is 23.5 Å². The van der Waals surface area contributed by atoms with Crippen molar-refractivity contribution < 1.29 is 19.4 Å². The summed E-state index contributed by atoms with van der Waals surface area (Å²) in [5, 5.41) is 8.40. The molecule has 1 aromatic carbocycles. The molecule has 0 aromatic heterocycles. The van der Waals surface area contributed by atoms with Crippen molar-refractivity contribution in [3.05, 3.63) is 53.8 Å². The van der Waals surface area contributed by atoms with Crippen molar-refractivity contribution in [1.29, 1.82) is 0 Å². The van der Waals surface area contributed by atoms with Crippen molar-refractivity contribution in [2.75, 3.05) is 14.2 Å². The highest BCUT2D eigenvalue weighted by molar-refractivity contribution is 6.27. The lowest BCUT2D eigenvalue weighted by Crippen LogP contribution is -2.40. The summed E-state index contributed by atoms with van der Waals surface area (Å²) in [7, 11) is 2.78. The van der Waals surface area contributed by atoms with E-state index in [1.165, 1.54) is 26.4 Å². The molecule has 0 radical (unpaired) electrons. The molecule has 2 atom stereocenters. The van der Waals surface area contributed by atoms with Gasteiger partial charge in [-0.25, -0.2) is 0 Å². The maximum Gasteiger partial charge on any atom is 0.216 e. The number of halogens is 1. The van der Waals surface area contributed by atoms with Gasteiger partial charge in [-0.2, -0.15) is 0 Å². The Hall–Kier alpha value is -1.62. The fraction of sp³-hybridized carbons (Fsp3) is 0.267. The molecular formula is C15H15ClO4. The molecule has 2 unspecified atom stereocenters. The fourth-order valence-electron chi connectivity index (χ4n) is 2.19. The monoisotopic (exact) mass is 294 g/mol. The Bertz CT molecular complexity index is 562. The van der Waals surface area contributed by atoms with E-state index in [2.05, 4.69) is 0 Å². The second-order valence-electron chi connectivity index (χ2n) is 4.43. The van der Waals surface area contributed by atoms with Crippen LogP contribution in [0.25, 0.3) is 5.57 Å². The number of aliphatic hydroxyl groups is 1. The third-order valence-corrected chi connectivity index (χ3v) is 3.56. The Labute approximate surface area is 122 Å². The highest BCUT2D eigenvalue weighted by atomic mass is 35.5. The molecule has 1 aliphatic carbocycles. The molecule has 1 aromatic rings. The fourth-order valence-corrected chi connectivity index (χ4v) is 2.43. The zero-order valence-corrected chi connectivity index (χ0v) is 11.9. The van der Waals surface area contributed by atoms with Crippen LogP contribution >= 0.6 is 11.6 Å². The van der Waals surface area contributed by atoms with E-state index in [9.17, 15) is 9.90 Å². The van der Waals surface area contributed by atoms with Crippen molar-refractivity contribution in [3.8, 4) is 0 Å². The first-order chi connectivity index (χ1) is 9.49. The van der Waals surface area contributed by atoms with Gasteiger partial charge in [0.2, 0.25) is 5.06 Å². The highest BCUT2D eigenvalue weighted by Gasteiger charge is 2.44. The quantitative estimate of drug-likeness (QED) is 0.683. The molecular weight excluding hydrogens is 280 g/mol. The van der Waals surface area contributed by atoms with Gasteiger partial charge in [0.05, 0.1) is 7.11 Å². The number of aldehydes is 1. The molecule has 0 amide bonds. The summed E-state index contributed by atoms with van der Waals surface area (Å²) in [6, 6.07) is 9.11. The molecule has 0 spiro atoms. The first-order valence-electron chi connectivity index (χ1n) is 5.98. The number of carbonyl (C=O) groups excluding carboxylic acids is 1. The zero-order valence-electron chi connectivity index (χ0n) is 11.2. The molecule has 0 aliphatic heterocycles. The number of hydrogen-bond donors (Lipinski definition) is 1. The molecule has 106 valence electrons. The lowest BCUT2D eigenvalue weighted by atomic mass is 9.83. The Morgan fingerprint density at radius 3 is 2.35 bits per heavy atom. The Balaban J connectivity index is 2.64. The second-order valence-corrected chi connectivity index (χ2v) is 5.00. The van der Waals surface area contributed by atoms with Crippen molar-refractivity contribution in [2.24, 2.45) is 0 Å². The first kappa shape index (κ1) is 14.8. The molecule has 4 nitrogen and oxygen atoms in total. The molecule has 0 bridgehead atoms. The maximum atomic E-state index is 11.6. The standard InChI is InChI=1S/C15H15ClO4/c1-19-13-9-14(10-17,20-2)12(8-15(13,16)18)11-6-4-3-5-7-11/h3-10,18H,1-2H3. The number of benzene rings is 1. The molecule has 1 aliphatic rings. The van der Waals surface area contributed by atoms with Gasteiger partial charge in [0, 0.05) is 18.8 Å². The van der Waals surface area contributed by atoms with E-state index < -0.39 is 10.7 Å². The Kier molecular flexibility index (Phi) is 3.99. The Morgan fingerprint density at radius 1 is 1.20 bits per heavy atom. The molecule has 0 saturated carbocycles. The number of hydrogen-bond acceptors (Lipinski definition) is 4. The third-order valence-electron chi connectivity index (χ3n) is 3.27. The van der Waals surface area contributed by atoms with Gasteiger partial charge < -0.3 is 14.6 Å². The number of alkyl halides is 1. The summed E-state index contributed by atoms with van der Waals surface area (Å²) < 4.78 is 10.4. The van der Waals surface area contributed by atoms with Crippen LogP contribution in [0.15, 0.2) is 48.2 Å². The minimum absolute atomic E-state index is 0.0489.